The molecule has 0 radical (unpaired) electrons. The van der Waals surface area contributed by atoms with Crippen LogP contribution in [0.2, 0.25) is 0 Å². The highest BCUT2D eigenvalue weighted by Crippen LogP contribution is 2.52. The summed E-state index contributed by atoms with van der Waals surface area (Å²) in [4.78, 5) is 11.3. The van der Waals surface area contributed by atoms with Crippen LogP contribution in [0.1, 0.15) is 71.1 Å². The maximum atomic E-state index is 11.3. The lowest BCUT2D eigenvalue weighted by Gasteiger charge is -2.47. The number of Topliss-reactive ketones (excluding diaryl/α,β-unsaturated/α-hetero) is 1. The second-order valence-electron chi connectivity index (χ2n) is 5.77. The van der Waals surface area contributed by atoms with Gasteiger partial charge in [-0.25, -0.2) is 0 Å². The molecule has 2 saturated carbocycles. The predicted octanol–water partition coefficient (Wildman–Crippen LogP) is 4.11. The highest BCUT2D eigenvalue weighted by atomic mass is 16.1. The van der Waals surface area contributed by atoms with E-state index in [1.165, 1.54) is 57.8 Å². The first kappa shape index (κ1) is 11.2. The van der Waals surface area contributed by atoms with Crippen LogP contribution in [0.3, 0.4) is 0 Å². The molecule has 2 fully saturated rings. The van der Waals surface area contributed by atoms with Crippen molar-refractivity contribution in [2.75, 3.05) is 0 Å². The molecule has 0 aromatic heterocycles. The molecule has 0 saturated heterocycles. The third-order valence-corrected chi connectivity index (χ3v) is 4.73. The van der Waals surface area contributed by atoms with Gasteiger partial charge in [0.2, 0.25) is 0 Å². The summed E-state index contributed by atoms with van der Waals surface area (Å²) in [6, 6.07) is 0. The van der Waals surface area contributed by atoms with Crippen LogP contribution in [-0.2, 0) is 4.79 Å². The fraction of sp³-hybridized carbons (Fsp3) is 0.929. The molecule has 1 spiro atoms. The zero-order valence-corrected chi connectivity index (χ0v) is 10.1. The lowest BCUT2D eigenvalue weighted by Crippen LogP contribution is -2.36. The Hall–Kier alpha value is -0.330. The molecule has 2 aliphatic rings. The van der Waals surface area contributed by atoms with Crippen molar-refractivity contribution in [2.24, 2.45) is 11.3 Å². The van der Waals surface area contributed by atoms with Crippen LogP contribution < -0.4 is 0 Å². The Morgan fingerprint density at radius 2 is 1.67 bits per heavy atom. The number of rotatable bonds is 2. The fourth-order valence-corrected chi connectivity index (χ4v) is 3.96. The molecule has 1 atom stereocenters. The van der Waals surface area contributed by atoms with E-state index in [4.69, 9.17) is 0 Å². The highest BCUT2D eigenvalue weighted by molar-refractivity contribution is 5.75. The molecular weight excluding hydrogens is 184 g/mol. The molecule has 2 aliphatic carbocycles. The molecule has 2 rings (SSSR count). The van der Waals surface area contributed by atoms with Gasteiger partial charge in [0.25, 0.3) is 0 Å². The Morgan fingerprint density at radius 1 is 1.07 bits per heavy atom. The summed E-state index contributed by atoms with van der Waals surface area (Å²) in [5.41, 5.74) is 0.585. The second kappa shape index (κ2) is 4.67. The van der Waals surface area contributed by atoms with Gasteiger partial charge in [-0.1, -0.05) is 32.1 Å². The first-order chi connectivity index (χ1) is 7.23. The molecular formula is C14H24O. The molecule has 0 bridgehead atoms. The Morgan fingerprint density at radius 3 is 2.27 bits per heavy atom. The Kier molecular flexibility index (Phi) is 3.48. The van der Waals surface area contributed by atoms with E-state index in [0.717, 1.165) is 12.3 Å². The zero-order valence-electron chi connectivity index (χ0n) is 10.1. The average Bonchev–Trinajstić information content (AvgIpc) is 2.23. The Labute approximate surface area is 93.6 Å². The number of carbonyl (C=O) groups is 1. The van der Waals surface area contributed by atoms with Gasteiger partial charge in [0.15, 0.2) is 0 Å². The first-order valence-corrected chi connectivity index (χ1v) is 6.72. The molecule has 0 aliphatic heterocycles. The van der Waals surface area contributed by atoms with Crippen molar-refractivity contribution in [1.82, 2.24) is 0 Å². The van der Waals surface area contributed by atoms with E-state index in [0.29, 0.717) is 11.2 Å². The van der Waals surface area contributed by atoms with Gasteiger partial charge in [0.1, 0.15) is 5.78 Å². The Bertz CT molecular complexity index is 217. The minimum absolute atomic E-state index is 0.409. The number of hydrogen-bond acceptors (Lipinski definition) is 1. The topological polar surface area (TPSA) is 17.1 Å². The minimum atomic E-state index is 0.409. The van der Waals surface area contributed by atoms with Crippen molar-refractivity contribution in [2.45, 2.75) is 71.1 Å². The zero-order chi connectivity index (χ0) is 10.7. The van der Waals surface area contributed by atoms with Crippen molar-refractivity contribution >= 4 is 5.78 Å². The lowest BCUT2D eigenvalue weighted by molar-refractivity contribution is -0.120. The van der Waals surface area contributed by atoms with Gasteiger partial charge in [-0.05, 0) is 43.9 Å². The molecule has 1 unspecified atom stereocenters. The maximum absolute atomic E-state index is 11.3. The summed E-state index contributed by atoms with van der Waals surface area (Å²) in [6.45, 7) is 1.77. The molecule has 0 heterocycles. The van der Waals surface area contributed by atoms with Gasteiger partial charge in [0, 0.05) is 6.42 Å². The average molecular weight is 208 g/mol. The van der Waals surface area contributed by atoms with E-state index in [2.05, 4.69) is 0 Å². The third kappa shape index (κ3) is 2.43. The molecule has 1 heteroatoms. The van der Waals surface area contributed by atoms with Crippen LogP contribution in [-0.4, -0.2) is 5.78 Å². The van der Waals surface area contributed by atoms with E-state index >= 15 is 0 Å². The van der Waals surface area contributed by atoms with Crippen molar-refractivity contribution in [3.63, 3.8) is 0 Å². The van der Waals surface area contributed by atoms with Gasteiger partial charge in [0.05, 0.1) is 0 Å². The smallest absolute Gasteiger partial charge is 0.130 e. The van der Waals surface area contributed by atoms with Crippen LogP contribution in [0, 0.1) is 11.3 Å². The van der Waals surface area contributed by atoms with Gasteiger partial charge in [-0.15, -0.1) is 0 Å². The summed E-state index contributed by atoms with van der Waals surface area (Å²) in [6.07, 6.45) is 13.4. The van der Waals surface area contributed by atoms with Gasteiger partial charge >= 0.3 is 0 Å². The summed E-state index contributed by atoms with van der Waals surface area (Å²) in [7, 11) is 0. The molecule has 0 N–H and O–H groups in total. The quantitative estimate of drug-likeness (QED) is 0.667. The third-order valence-electron chi connectivity index (χ3n) is 4.73. The molecule has 0 aromatic carbocycles. The van der Waals surface area contributed by atoms with Gasteiger partial charge in [-0.3, -0.25) is 0 Å². The van der Waals surface area contributed by atoms with Crippen molar-refractivity contribution in [1.29, 1.82) is 0 Å². The van der Waals surface area contributed by atoms with Gasteiger partial charge < -0.3 is 4.79 Å². The molecule has 0 amide bonds. The van der Waals surface area contributed by atoms with E-state index in [9.17, 15) is 4.79 Å². The number of carbonyl (C=O) groups excluding carboxylic acids is 1. The highest BCUT2D eigenvalue weighted by Gasteiger charge is 2.41. The fourth-order valence-electron chi connectivity index (χ4n) is 3.96. The molecule has 1 nitrogen and oxygen atoms in total. The van der Waals surface area contributed by atoms with Crippen LogP contribution >= 0.6 is 0 Å². The molecule has 15 heavy (non-hydrogen) atoms. The van der Waals surface area contributed by atoms with Crippen molar-refractivity contribution < 1.29 is 4.79 Å². The SMILES string of the molecule is CC(=O)CC1CCCCC12CCCCC2. The minimum Gasteiger partial charge on any atom is -0.300 e. The van der Waals surface area contributed by atoms with Crippen LogP contribution in [0.25, 0.3) is 0 Å². The van der Waals surface area contributed by atoms with E-state index < -0.39 is 0 Å². The Balaban J connectivity index is 2.06. The standard InChI is InChI=1S/C14H24O/c1-12(15)11-13-7-3-6-10-14(13)8-4-2-5-9-14/h13H,2-11H2,1H3. The number of ketones is 1. The van der Waals surface area contributed by atoms with E-state index in [-0.39, 0.29) is 0 Å². The van der Waals surface area contributed by atoms with Crippen molar-refractivity contribution in [3.8, 4) is 0 Å². The van der Waals surface area contributed by atoms with Crippen LogP contribution in [0.15, 0.2) is 0 Å². The van der Waals surface area contributed by atoms with Crippen LogP contribution in [0.5, 0.6) is 0 Å². The second-order valence-corrected chi connectivity index (χ2v) is 5.77. The predicted molar refractivity (Wildman–Crippen MR) is 62.8 cm³/mol. The monoisotopic (exact) mass is 208 g/mol. The van der Waals surface area contributed by atoms with E-state index in [1.54, 1.807) is 6.92 Å². The largest absolute Gasteiger partial charge is 0.300 e. The summed E-state index contributed by atoms with van der Waals surface area (Å²) in [5, 5.41) is 0. The normalized spacial score (nSPS) is 30.3. The summed E-state index contributed by atoms with van der Waals surface area (Å²) in [5.74, 6) is 1.14. The van der Waals surface area contributed by atoms with Gasteiger partial charge in [-0.2, -0.15) is 0 Å². The lowest BCUT2D eigenvalue weighted by atomic mass is 9.58. The maximum Gasteiger partial charge on any atom is 0.130 e. The molecule has 86 valence electrons. The summed E-state index contributed by atoms with van der Waals surface area (Å²) < 4.78 is 0. The summed E-state index contributed by atoms with van der Waals surface area (Å²) >= 11 is 0. The van der Waals surface area contributed by atoms with Crippen LogP contribution in [0.4, 0.5) is 0 Å². The number of hydrogen-bond donors (Lipinski definition) is 0. The van der Waals surface area contributed by atoms with E-state index in [1.807, 2.05) is 0 Å². The van der Waals surface area contributed by atoms with Crippen molar-refractivity contribution in [3.05, 3.63) is 0 Å². The molecule has 0 aromatic rings. The first-order valence-electron chi connectivity index (χ1n) is 6.72.